The molecule has 2 atom stereocenters. The molecule has 0 N–H and O–H groups in total. The Morgan fingerprint density at radius 2 is 2.10 bits per heavy atom. The van der Waals surface area contributed by atoms with Crippen LogP contribution in [0.3, 0.4) is 0 Å². The second kappa shape index (κ2) is 9.88. The van der Waals surface area contributed by atoms with E-state index >= 15 is 0 Å². The molecule has 0 saturated carbocycles. The van der Waals surface area contributed by atoms with Gasteiger partial charge >= 0.3 is 0 Å². The second-order valence-electron chi connectivity index (χ2n) is 8.16. The van der Waals surface area contributed by atoms with Crippen LogP contribution in [0.25, 0.3) is 11.1 Å². The first kappa shape index (κ1) is 21.2. The average Bonchev–Trinajstić information content (AvgIpc) is 3.30. The van der Waals surface area contributed by atoms with Gasteiger partial charge in [-0.2, -0.15) is 0 Å². The maximum absolute atomic E-state index is 13.4. The van der Waals surface area contributed by atoms with Gasteiger partial charge in [-0.1, -0.05) is 36.4 Å². The first-order valence-corrected chi connectivity index (χ1v) is 11.0. The summed E-state index contributed by atoms with van der Waals surface area (Å²) in [6.07, 6.45) is 7.20. The van der Waals surface area contributed by atoms with Gasteiger partial charge in [0.05, 0.1) is 5.92 Å². The van der Waals surface area contributed by atoms with Crippen molar-refractivity contribution in [1.82, 2.24) is 14.8 Å². The highest BCUT2D eigenvalue weighted by atomic mass is 16.5. The third kappa shape index (κ3) is 4.85. The zero-order chi connectivity index (χ0) is 21.6. The zero-order valence-corrected chi connectivity index (χ0v) is 17.8. The predicted octanol–water partition coefficient (Wildman–Crippen LogP) is 2.94. The van der Waals surface area contributed by atoms with Crippen LogP contribution in [-0.2, 0) is 20.7 Å². The van der Waals surface area contributed by atoms with Gasteiger partial charge in [0.1, 0.15) is 6.10 Å². The number of aromatic nitrogens is 1. The molecule has 1 aromatic heterocycles. The summed E-state index contributed by atoms with van der Waals surface area (Å²) in [6, 6.07) is 12.1. The highest BCUT2D eigenvalue weighted by Crippen LogP contribution is 2.27. The van der Waals surface area contributed by atoms with Gasteiger partial charge < -0.3 is 14.5 Å². The van der Waals surface area contributed by atoms with Crippen LogP contribution in [-0.4, -0.2) is 65.5 Å². The van der Waals surface area contributed by atoms with Gasteiger partial charge in [0.2, 0.25) is 5.91 Å². The summed E-state index contributed by atoms with van der Waals surface area (Å²) in [5.41, 5.74) is 3.17. The maximum Gasteiger partial charge on any atom is 0.251 e. The van der Waals surface area contributed by atoms with E-state index in [1.807, 2.05) is 40.3 Å². The van der Waals surface area contributed by atoms with Gasteiger partial charge in [-0.15, -0.1) is 6.58 Å². The van der Waals surface area contributed by atoms with Gasteiger partial charge in [0, 0.05) is 50.7 Å². The third-order valence-corrected chi connectivity index (χ3v) is 6.06. The fourth-order valence-electron chi connectivity index (χ4n) is 4.48. The molecule has 0 bridgehead atoms. The summed E-state index contributed by atoms with van der Waals surface area (Å²) in [5.74, 6) is -0.231. The van der Waals surface area contributed by atoms with Gasteiger partial charge in [-0.05, 0) is 36.5 Å². The minimum absolute atomic E-state index is 0.0105. The number of ether oxygens (including phenoxy) is 1. The Kier molecular flexibility index (Phi) is 6.77. The van der Waals surface area contributed by atoms with E-state index < -0.39 is 0 Å². The fraction of sp³-hybridized carbons (Fsp3) is 0.400. The second-order valence-corrected chi connectivity index (χ2v) is 8.16. The molecule has 0 radical (unpaired) electrons. The van der Waals surface area contributed by atoms with Crippen LogP contribution >= 0.6 is 0 Å². The first-order valence-electron chi connectivity index (χ1n) is 11.0. The monoisotopic (exact) mass is 419 g/mol. The van der Waals surface area contributed by atoms with Crippen molar-refractivity contribution in [2.24, 2.45) is 5.92 Å². The lowest BCUT2D eigenvalue weighted by Crippen LogP contribution is -2.42. The van der Waals surface area contributed by atoms with Crippen LogP contribution in [0.2, 0.25) is 0 Å². The molecule has 2 saturated heterocycles. The normalized spacial score (nSPS) is 21.7. The quantitative estimate of drug-likeness (QED) is 0.676. The molecule has 3 heterocycles. The van der Waals surface area contributed by atoms with Crippen molar-refractivity contribution in [3.8, 4) is 11.1 Å². The van der Waals surface area contributed by atoms with Crippen molar-refractivity contribution in [2.75, 3.05) is 32.8 Å². The molecule has 2 aliphatic heterocycles. The van der Waals surface area contributed by atoms with Crippen molar-refractivity contribution < 1.29 is 14.3 Å². The number of hydrogen-bond donors (Lipinski definition) is 0. The van der Waals surface area contributed by atoms with Crippen LogP contribution in [0.5, 0.6) is 0 Å². The molecule has 0 spiro atoms. The van der Waals surface area contributed by atoms with Crippen molar-refractivity contribution in [3.05, 3.63) is 67.0 Å². The molecule has 2 aromatic rings. The summed E-state index contributed by atoms with van der Waals surface area (Å²) in [7, 11) is 0. The largest absolute Gasteiger partial charge is 0.368 e. The summed E-state index contributed by atoms with van der Waals surface area (Å²) in [4.78, 5) is 34.3. The number of rotatable bonds is 6. The topological polar surface area (TPSA) is 62.7 Å². The summed E-state index contributed by atoms with van der Waals surface area (Å²) in [6.45, 7) is 6.37. The maximum atomic E-state index is 13.4. The molecule has 31 heavy (non-hydrogen) atoms. The Bertz CT molecular complexity index is 925. The molecule has 0 aliphatic carbocycles. The molecule has 162 valence electrons. The fourth-order valence-corrected chi connectivity index (χ4v) is 4.48. The van der Waals surface area contributed by atoms with Crippen LogP contribution in [0.15, 0.2) is 61.4 Å². The minimum atomic E-state index is -0.371. The van der Waals surface area contributed by atoms with E-state index in [1.54, 1.807) is 12.3 Å². The van der Waals surface area contributed by atoms with Crippen molar-refractivity contribution >= 4 is 11.8 Å². The van der Waals surface area contributed by atoms with Crippen molar-refractivity contribution in [3.63, 3.8) is 0 Å². The van der Waals surface area contributed by atoms with E-state index in [9.17, 15) is 9.59 Å². The number of hydrogen-bond acceptors (Lipinski definition) is 4. The lowest BCUT2D eigenvalue weighted by molar-refractivity contribution is -0.141. The van der Waals surface area contributed by atoms with Gasteiger partial charge in [-0.3, -0.25) is 14.6 Å². The molecule has 1 aromatic carbocycles. The molecule has 2 aliphatic rings. The highest BCUT2D eigenvalue weighted by molar-refractivity contribution is 5.84. The predicted molar refractivity (Wildman–Crippen MR) is 119 cm³/mol. The van der Waals surface area contributed by atoms with E-state index in [-0.39, 0.29) is 23.8 Å². The van der Waals surface area contributed by atoms with Crippen LogP contribution < -0.4 is 0 Å². The SMILES string of the molecule is C=CCN1CCN(C(=O)[C@@H]2CCCO2)C[C@@H](Cc2ccccc2-c2cccnc2)C1=O. The Morgan fingerprint density at radius 3 is 2.84 bits per heavy atom. The van der Waals surface area contributed by atoms with E-state index in [0.29, 0.717) is 39.2 Å². The summed E-state index contributed by atoms with van der Waals surface area (Å²) < 4.78 is 5.63. The van der Waals surface area contributed by atoms with E-state index in [2.05, 4.69) is 23.7 Å². The Balaban J connectivity index is 1.60. The standard InChI is InChI=1S/C25H29N3O3/c1-2-12-27-13-14-28(25(30)23-10-6-15-31-23)18-21(24(27)29)16-19-7-3-4-9-22(19)20-8-5-11-26-17-20/h2-5,7-9,11,17,21,23H,1,6,10,12-16,18H2/t21-,23+/m1/s1. The molecular weight excluding hydrogens is 390 g/mol. The van der Waals surface area contributed by atoms with Crippen molar-refractivity contribution in [1.29, 1.82) is 0 Å². The van der Waals surface area contributed by atoms with E-state index in [4.69, 9.17) is 4.74 Å². The minimum Gasteiger partial charge on any atom is -0.368 e. The molecule has 0 unspecified atom stereocenters. The molecule has 6 nitrogen and oxygen atoms in total. The molecule has 6 heteroatoms. The van der Waals surface area contributed by atoms with Crippen LogP contribution in [0, 0.1) is 5.92 Å². The van der Waals surface area contributed by atoms with E-state index in [0.717, 1.165) is 29.5 Å². The molecular formula is C25H29N3O3. The lowest BCUT2D eigenvalue weighted by Gasteiger charge is -2.26. The zero-order valence-electron chi connectivity index (χ0n) is 17.8. The lowest BCUT2D eigenvalue weighted by atomic mass is 9.91. The number of pyridine rings is 1. The Hall–Kier alpha value is -2.99. The van der Waals surface area contributed by atoms with Crippen LogP contribution in [0.1, 0.15) is 18.4 Å². The number of amides is 2. The number of carbonyl (C=O) groups is 2. The van der Waals surface area contributed by atoms with Gasteiger partial charge in [0.15, 0.2) is 0 Å². The molecule has 2 fully saturated rings. The number of nitrogens with zero attached hydrogens (tertiary/aromatic N) is 3. The number of carbonyl (C=O) groups excluding carboxylic acids is 2. The molecule has 2 amide bonds. The molecule has 4 rings (SSSR count). The third-order valence-electron chi connectivity index (χ3n) is 6.06. The highest BCUT2D eigenvalue weighted by Gasteiger charge is 2.35. The van der Waals surface area contributed by atoms with Gasteiger partial charge in [0.25, 0.3) is 5.91 Å². The number of benzene rings is 1. The summed E-state index contributed by atoms with van der Waals surface area (Å²) in [5, 5.41) is 0. The summed E-state index contributed by atoms with van der Waals surface area (Å²) >= 11 is 0. The smallest absolute Gasteiger partial charge is 0.251 e. The average molecular weight is 420 g/mol. The Morgan fingerprint density at radius 1 is 1.23 bits per heavy atom. The van der Waals surface area contributed by atoms with Crippen molar-refractivity contribution in [2.45, 2.75) is 25.4 Å². The van der Waals surface area contributed by atoms with Gasteiger partial charge in [-0.25, -0.2) is 0 Å². The first-order chi connectivity index (χ1) is 15.2. The van der Waals surface area contributed by atoms with E-state index in [1.165, 1.54) is 0 Å². The Labute approximate surface area is 183 Å². The van der Waals surface area contributed by atoms with Crippen LogP contribution in [0.4, 0.5) is 0 Å².